The SMILES string of the molecule is NNc1nc2ccccn2c1S(=O)(=O)NCc1ccno1. The fourth-order valence-corrected chi connectivity index (χ4v) is 3.13. The van der Waals surface area contributed by atoms with Gasteiger partial charge < -0.3 is 9.95 Å². The maximum Gasteiger partial charge on any atom is 0.260 e. The lowest BCUT2D eigenvalue weighted by Crippen LogP contribution is -2.26. The van der Waals surface area contributed by atoms with Crippen molar-refractivity contribution in [1.82, 2.24) is 19.3 Å². The molecule has 0 spiro atoms. The molecule has 21 heavy (non-hydrogen) atoms. The lowest BCUT2D eigenvalue weighted by atomic mass is 10.5. The van der Waals surface area contributed by atoms with Crippen LogP contribution in [0.5, 0.6) is 0 Å². The molecule has 0 atom stereocenters. The quantitative estimate of drug-likeness (QED) is 0.450. The molecule has 0 bridgehead atoms. The Labute approximate surface area is 119 Å². The van der Waals surface area contributed by atoms with Crippen molar-refractivity contribution in [3.63, 3.8) is 0 Å². The van der Waals surface area contributed by atoms with E-state index >= 15 is 0 Å². The number of nitrogen functional groups attached to an aromatic ring is 1. The molecule has 10 heteroatoms. The summed E-state index contributed by atoms with van der Waals surface area (Å²) in [5.41, 5.74) is 2.76. The first kappa shape index (κ1) is 13.5. The highest BCUT2D eigenvalue weighted by molar-refractivity contribution is 7.89. The van der Waals surface area contributed by atoms with Gasteiger partial charge in [-0.15, -0.1) is 0 Å². The third-order valence-corrected chi connectivity index (χ3v) is 4.23. The fourth-order valence-electron chi connectivity index (χ4n) is 1.89. The molecule has 0 radical (unpaired) electrons. The molecule has 0 aliphatic rings. The van der Waals surface area contributed by atoms with Crippen LogP contribution in [0.3, 0.4) is 0 Å². The van der Waals surface area contributed by atoms with Gasteiger partial charge in [0.15, 0.2) is 16.6 Å². The van der Waals surface area contributed by atoms with Gasteiger partial charge in [0.2, 0.25) is 0 Å². The van der Waals surface area contributed by atoms with Gasteiger partial charge in [-0.1, -0.05) is 11.2 Å². The van der Waals surface area contributed by atoms with Crippen molar-refractivity contribution in [2.45, 2.75) is 11.6 Å². The van der Waals surface area contributed by atoms with Crippen molar-refractivity contribution in [3.8, 4) is 0 Å². The molecule has 3 rings (SSSR count). The zero-order valence-electron chi connectivity index (χ0n) is 10.7. The molecule has 0 aliphatic heterocycles. The molecule has 3 aromatic rings. The number of hydrogen-bond donors (Lipinski definition) is 3. The van der Waals surface area contributed by atoms with E-state index in [1.165, 1.54) is 10.6 Å². The van der Waals surface area contributed by atoms with Gasteiger partial charge in [0, 0.05) is 12.3 Å². The highest BCUT2D eigenvalue weighted by Gasteiger charge is 2.25. The molecule has 3 aromatic heterocycles. The van der Waals surface area contributed by atoms with Crippen LogP contribution in [0.15, 0.2) is 46.2 Å². The fraction of sp³-hybridized carbons (Fsp3) is 0.0909. The molecule has 0 unspecified atom stereocenters. The minimum absolute atomic E-state index is 0.0214. The first-order valence-corrected chi connectivity index (χ1v) is 7.43. The number of imidazole rings is 1. The van der Waals surface area contributed by atoms with E-state index in [0.29, 0.717) is 11.4 Å². The Bertz CT molecular complexity index is 855. The maximum atomic E-state index is 12.5. The highest BCUT2D eigenvalue weighted by atomic mass is 32.2. The van der Waals surface area contributed by atoms with E-state index in [9.17, 15) is 8.42 Å². The average molecular weight is 308 g/mol. The smallest absolute Gasteiger partial charge is 0.260 e. The van der Waals surface area contributed by atoms with Crippen molar-refractivity contribution in [1.29, 1.82) is 0 Å². The number of anilines is 1. The van der Waals surface area contributed by atoms with Crippen molar-refractivity contribution >= 4 is 21.5 Å². The first-order chi connectivity index (χ1) is 10.1. The van der Waals surface area contributed by atoms with E-state index in [-0.39, 0.29) is 17.4 Å². The largest absolute Gasteiger partial charge is 0.360 e. The van der Waals surface area contributed by atoms with Crippen molar-refractivity contribution < 1.29 is 12.9 Å². The Morgan fingerprint density at radius 1 is 1.33 bits per heavy atom. The molecule has 0 saturated heterocycles. The van der Waals surface area contributed by atoms with Crippen LogP contribution in [0.1, 0.15) is 5.76 Å². The molecule has 0 saturated carbocycles. The van der Waals surface area contributed by atoms with Crippen molar-refractivity contribution in [2.75, 3.05) is 5.43 Å². The molecule has 0 fully saturated rings. The number of sulfonamides is 1. The minimum atomic E-state index is -3.84. The van der Waals surface area contributed by atoms with Crippen LogP contribution >= 0.6 is 0 Å². The van der Waals surface area contributed by atoms with Crippen LogP contribution in [0.2, 0.25) is 0 Å². The highest BCUT2D eigenvalue weighted by Crippen LogP contribution is 2.21. The van der Waals surface area contributed by atoms with Gasteiger partial charge >= 0.3 is 0 Å². The number of aromatic nitrogens is 3. The van der Waals surface area contributed by atoms with Crippen molar-refractivity contribution in [3.05, 3.63) is 42.4 Å². The second-order valence-corrected chi connectivity index (χ2v) is 5.82. The number of fused-ring (bicyclic) bond motifs is 1. The lowest BCUT2D eigenvalue weighted by Gasteiger charge is -2.06. The predicted octanol–water partition coefficient (Wildman–Crippen LogP) is 0.0864. The van der Waals surface area contributed by atoms with Gasteiger partial charge in [0.05, 0.1) is 12.7 Å². The van der Waals surface area contributed by atoms with Gasteiger partial charge in [-0.25, -0.2) is 24.0 Å². The normalized spacial score (nSPS) is 11.9. The Hall–Kier alpha value is -2.43. The summed E-state index contributed by atoms with van der Waals surface area (Å²) in [5.74, 6) is 5.81. The molecule has 4 N–H and O–H groups in total. The van der Waals surface area contributed by atoms with E-state index in [4.69, 9.17) is 10.4 Å². The van der Waals surface area contributed by atoms with Gasteiger partial charge in [0.1, 0.15) is 5.65 Å². The molecule has 9 nitrogen and oxygen atoms in total. The van der Waals surface area contributed by atoms with Crippen LogP contribution in [0, 0.1) is 0 Å². The second-order valence-electron chi connectivity index (χ2n) is 4.14. The van der Waals surface area contributed by atoms with Crippen LogP contribution in [-0.4, -0.2) is 23.0 Å². The zero-order valence-corrected chi connectivity index (χ0v) is 11.5. The average Bonchev–Trinajstić information content (AvgIpc) is 3.12. The standard InChI is InChI=1S/C11H12N6O3S/c12-16-10-11(17-6-2-1-3-9(17)15-10)21(18,19)14-7-8-4-5-13-20-8/h1-6,14,16H,7,12H2. The minimum Gasteiger partial charge on any atom is -0.360 e. The number of hydrazine groups is 1. The third kappa shape index (κ3) is 2.46. The van der Waals surface area contributed by atoms with Gasteiger partial charge in [-0.05, 0) is 12.1 Å². The number of nitrogens with zero attached hydrogens (tertiary/aromatic N) is 3. The van der Waals surface area contributed by atoms with Crippen LogP contribution in [-0.2, 0) is 16.6 Å². The first-order valence-electron chi connectivity index (χ1n) is 5.95. The van der Waals surface area contributed by atoms with Gasteiger partial charge in [-0.2, -0.15) is 0 Å². The Balaban J connectivity index is 2.01. The molecule has 0 aliphatic carbocycles. The summed E-state index contributed by atoms with van der Waals surface area (Å²) in [7, 11) is -3.84. The molecule has 0 aromatic carbocycles. The van der Waals surface area contributed by atoms with E-state index in [1.54, 1.807) is 30.5 Å². The molecular weight excluding hydrogens is 296 g/mol. The van der Waals surface area contributed by atoms with Gasteiger partial charge in [0.25, 0.3) is 10.0 Å². The molecule has 110 valence electrons. The number of pyridine rings is 1. The number of rotatable bonds is 5. The van der Waals surface area contributed by atoms with Crippen LogP contribution in [0.4, 0.5) is 5.82 Å². The Morgan fingerprint density at radius 2 is 2.19 bits per heavy atom. The number of hydrogen-bond acceptors (Lipinski definition) is 7. The summed E-state index contributed by atoms with van der Waals surface area (Å²) in [6.07, 6.45) is 3.02. The summed E-state index contributed by atoms with van der Waals surface area (Å²) in [5, 5.41) is 3.44. The third-order valence-electron chi connectivity index (χ3n) is 2.81. The zero-order chi connectivity index (χ0) is 14.9. The Morgan fingerprint density at radius 3 is 2.90 bits per heavy atom. The summed E-state index contributed by atoms with van der Waals surface area (Å²) in [6.45, 7) is -0.0214. The monoisotopic (exact) mass is 308 g/mol. The second kappa shape index (κ2) is 5.16. The molecular formula is C11H12N6O3S. The Kier molecular flexibility index (Phi) is 3.33. The van der Waals surface area contributed by atoms with Gasteiger partial charge in [-0.3, -0.25) is 4.40 Å². The lowest BCUT2D eigenvalue weighted by molar-refractivity contribution is 0.380. The summed E-state index contributed by atoms with van der Waals surface area (Å²) in [6, 6.07) is 6.70. The summed E-state index contributed by atoms with van der Waals surface area (Å²) < 4.78 is 33.6. The van der Waals surface area contributed by atoms with Crippen molar-refractivity contribution in [2.24, 2.45) is 5.84 Å². The molecule has 3 heterocycles. The van der Waals surface area contributed by atoms with Crippen LogP contribution < -0.4 is 16.0 Å². The predicted molar refractivity (Wildman–Crippen MR) is 73.5 cm³/mol. The maximum absolute atomic E-state index is 12.5. The van der Waals surface area contributed by atoms with E-state index < -0.39 is 10.0 Å². The topological polar surface area (TPSA) is 128 Å². The van der Waals surface area contributed by atoms with E-state index in [2.05, 4.69) is 20.3 Å². The van der Waals surface area contributed by atoms with E-state index in [0.717, 1.165) is 0 Å². The number of nitrogens with one attached hydrogen (secondary N) is 2. The summed E-state index contributed by atoms with van der Waals surface area (Å²) >= 11 is 0. The summed E-state index contributed by atoms with van der Waals surface area (Å²) in [4.78, 5) is 4.11. The van der Waals surface area contributed by atoms with E-state index in [1.807, 2.05) is 0 Å². The van der Waals surface area contributed by atoms with Crippen LogP contribution in [0.25, 0.3) is 5.65 Å². The molecule has 0 amide bonds. The number of nitrogens with two attached hydrogens (primary N) is 1.